The SMILES string of the molecule is Cc1ccc(CS[C@@H](c2ccccc2)[C@H](NC(=O)OC(C)(C)C)C(=O)O)cc1. The van der Waals surface area contributed by atoms with E-state index in [1.54, 1.807) is 20.8 Å². The maximum Gasteiger partial charge on any atom is 0.408 e. The number of carbonyl (C=O) groups excluding carboxylic acids is 1. The van der Waals surface area contributed by atoms with Gasteiger partial charge in [0.25, 0.3) is 0 Å². The number of carboxylic acid groups (broad SMARTS) is 1. The fourth-order valence-corrected chi connectivity index (χ4v) is 3.89. The molecule has 0 heterocycles. The molecule has 2 aromatic rings. The Kier molecular flexibility index (Phi) is 7.52. The molecule has 2 atom stereocenters. The van der Waals surface area contributed by atoms with Crippen molar-refractivity contribution >= 4 is 23.8 Å². The fourth-order valence-electron chi connectivity index (χ4n) is 2.60. The second-order valence-electron chi connectivity index (χ2n) is 7.59. The predicted octanol–water partition coefficient (Wildman–Crippen LogP) is 4.95. The topological polar surface area (TPSA) is 75.6 Å². The Morgan fingerprint density at radius 3 is 2.21 bits per heavy atom. The molecule has 0 saturated carbocycles. The van der Waals surface area contributed by atoms with E-state index in [0.29, 0.717) is 5.75 Å². The van der Waals surface area contributed by atoms with Gasteiger partial charge in [0.2, 0.25) is 0 Å². The van der Waals surface area contributed by atoms with Crippen LogP contribution in [0.3, 0.4) is 0 Å². The molecule has 28 heavy (non-hydrogen) atoms. The van der Waals surface area contributed by atoms with Gasteiger partial charge >= 0.3 is 12.1 Å². The minimum Gasteiger partial charge on any atom is -0.480 e. The van der Waals surface area contributed by atoms with Crippen LogP contribution in [0.2, 0.25) is 0 Å². The number of carboxylic acids is 1. The summed E-state index contributed by atoms with van der Waals surface area (Å²) in [6, 6.07) is 16.3. The minimum atomic E-state index is -1.12. The lowest BCUT2D eigenvalue weighted by atomic mass is 10.1. The molecule has 0 unspecified atom stereocenters. The van der Waals surface area contributed by atoms with Crippen LogP contribution in [0.5, 0.6) is 0 Å². The number of thioether (sulfide) groups is 1. The van der Waals surface area contributed by atoms with Crippen LogP contribution in [0, 0.1) is 6.92 Å². The van der Waals surface area contributed by atoms with Gasteiger partial charge < -0.3 is 15.2 Å². The highest BCUT2D eigenvalue weighted by Crippen LogP contribution is 2.35. The molecule has 0 saturated heterocycles. The highest BCUT2D eigenvalue weighted by molar-refractivity contribution is 7.98. The zero-order valence-electron chi connectivity index (χ0n) is 16.6. The highest BCUT2D eigenvalue weighted by Gasteiger charge is 2.33. The van der Waals surface area contributed by atoms with Crippen LogP contribution >= 0.6 is 11.8 Å². The zero-order valence-corrected chi connectivity index (χ0v) is 17.5. The first-order valence-electron chi connectivity index (χ1n) is 9.10. The van der Waals surface area contributed by atoms with E-state index in [1.807, 2.05) is 61.5 Å². The highest BCUT2D eigenvalue weighted by atomic mass is 32.2. The van der Waals surface area contributed by atoms with Gasteiger partial charge in [-0.3, -0.25) is 0 Å². The summed E-state index contributed by atoms with van der Waals surface area (Å²) in [7, 11) is 0. The lowest BCUT2D eigenvalue weighted by molar-refractivity contribution is -0.139. The van der Waals surface area contributed by atoms with Crippen molar-refractivity contribution in [1.82, 2.24) is 5.32 Å². The van der Waals surface area contributed by atoms with Crippen molar-refractivity contribution in [3.8, 4) is 0 Å². The van der Waals surface area contributed by atoms with Gasteiger partial charge in [0.15, 0.2) is 0 Å². The quantitative estimate of drug-likeness (QED) is 0.687. The molecule has 0 aromatic heterocycles. The first-order chi connectivity index (χ1) is 13.2. The number of amides is 1. The molecule has 0 fully saturated rings. The molecule has 1 amide bonds. The molecule has 2 rings (SSSR count). The minimum absolute atomic E-state index is 0.465. The van der Waals surface area contributed by atoms with E-state index in [0.717, 1.165) is 11.1 Å². The number of nitrogens with one attached hydrogen (secondary N) is 1. The number of carbonyl (C=O) groups is 2. The van der Waals surface area contributed by atoms with Gasteiger partial charge in [0, 0.05) is 5.75 Å². The average Bonchev–Trinajstić information content (AvgIpc) is 2.61. The number of benzene rings is 2. The van der Waals surface area contributed by atoms with Gasteiger partial charge in [0.05, 0.1) is 5.25 Å². The van der Waals surface area contributed by atoms with E-state index in [4.69, 9.17) is 4.74 Å². The van der Waals surface area contributed by atoms with E-state index in [-0.39, 0.29) is 0 Å². The third kappa shape index (κ3) is 6.93. The van der Waals surface area contributed by atoms with Crippen LogP contribution in [-0.2, 0) is 15.3 Å². The lowest BCUT2D eigenvalue weighted by Crippen LogP contribution is -2.46. The van der Waals surface area contributed by atoms with Gasteiger partial charge in [-0.15, -0.1) is 11.8 Å². The van der Waals surface area contributed by atoms with Crippen molar-refractivity contribution in [3.63, 3.8) is 0 Å². The Morgan fingerprint density at radius 2 is 1.68 bits per heavy atom. The molecule has 0 spiro atoms. The molecule has 2 aromatic carbocycles. The van der Waals surface area contributed by atoms with Gasteiger partial charge in [-0.25, -0.2) is 9.59 Å². The summed E-state index contributed by atoms with van der Waals surface area (Å²) in [6.45, 7) is 7.24. The molecule has 0 aliphatic rings. The fraction of sp³-hybridized carbons (Fsp3) is 0.364. The first-order valence-corrected chi connectivity index (χ1v) is 10.1. The van der Waals surface area contributed by atoms with Crippen molar-refractivity contribution in [2.24, 2.45) is 0 Å². The smallest absolute Gasteiger partial charge is 0.408 e. The summed E-state index contributed by atoms with van der Waals surface area (Å²) in [6.07, 6.45) is -0.739. The van der Waals surface area contributed by atoms with Crippen LogP contribution in [0.1, 0.15) is 42.7 Å². The maximum atomic E-state index is 12.2. The molecule has 2 N–H and O–H groups in total. The number of hydrogen-bond acceptors (Lipinski definition) is 4. The molecule has 0 aliphatic carbocycles. The molecule has 0 radical (unpaired) electrons. The Labute approximate surface area is 170 Å². The second kappa shape index (κ2) is 9.64. The standard InChI is InChI=1S/C22H27NO4S/c1-15-10-12-16(13-11-15)14-28-19(17-8-6-5-7-9-17)18(20(24)25)23-21(26)27-22(2,3)4/h5-13,18-19H,14H2,1-4H3,(H,23,26)(H,24,25)/t18-,19-/m0/s1. The van der Waals surface area contributed by atoms with Crippen molar-refractivity contribution in [2.75, 3.05) is 0 Å². The van der Waals surface area contributed by atoms with Gasteiger partial charge in [0.1, 0.15) is 11.6 Å². The third-order valence-electron chi connectivity index (χ3n) is 3.92. The molecule has 5 nitrogen and oxygen atoms in total. The van der Waals surface area contributed by atoms with Crippen molar-refractivity contribution in [3.05, 3.63) is 71.3 Å². The van der Waals surface area contributed by atoms with Gasteiger partial charge in [-0.05, 0) is 38.8 Å². The normalized spacial score (nSPS) is 13.4. The van der Waals surface area contributed by atoms with E-state index in [2.05, 4.69) is 5.32 Å². The monoisotopic (exact) mass is 401 g/mol. The Hall–Kier alpha value is -2.47. The van der Waals surface area contributed by atoms with Crippen molar-refractivity contribution in [1.29, 1.82) is 0 Å². The van der Waals surface area contributed by atoms with E-state index in [9.17, 15) is 14.7 Å². The number of rotatable bonds is 7. The average molecular weight is 402 g/mol. The summed E-state index contributed by atoms with van der Waals surface area (Å²) in [5.41, 5.74) is 2.40. The molecule has 0 aliphatic heterocycles. The molecular formula is C22H27NO4S. The largest absolute Gasteiger partial charge is 0.480 e. The van der Waals surface area contributed by atoms with E-state index < -0.39 is 29.0 Å². The van der Waals surface area contributed by atoms with Crippen LogP contribution < -0.4 is 5.32 Å². The molecular weight excluding hydrogens is 374 g/mol. The number of ether oxygens (including phenoxy) is 1. The van der Waals surface area contributed by atoms with Crippen LogP contribution in [0.4, 0.5) is 4.79 Å². The Morgan fingerprint density at radius 1 is 1.07 bits per heavy atom. The first kappa shape index (κ1) is 21.8. The number of alkyl carbamates (subject to hydrolysis) is 1. The number of aliphatic carboxylic acids is 1. The summed E-state index contributed by atoms with van der Waals surface area (Å²) >= 11 is 1.48. The van der Waals surface area contributed by atoms with Crippen molar-refractivity contribution < 1.29 is 19.4 Å². The van der Waals surface area contributed by atoms with Crippen LogP contribution in [0.25, 0.3) is 0 Å². The van der Waals surface area contributed by atoms with Crippen LogP contribution in [-0.4, -0.2) is 28.8 Å². The summed E-state index contributed by atoms with van der Waals surface area (Å²) < 4.78 is 5.26. The van der Waals surface area contributed by atoms with Crippen LogP contribution in [0.15, 0.2) is 54.6 Å². The number of hydrogen-bond donors (Lipinski definition) is 2. The summed E-state index contributed by atoms with van der Waals surface area (Å²) in [5, 5.41) is 11.9. The summed E-state index contributed by atoms with van der Waals surface area (Å²) in [4.78, 5) is 24.2. The second-order valence-corrected chi connectivity index (χ2v) is 8.72. The van der Waals surface area contributed by atoms with Crippen molar-refractivity contribution in [2.45, 2.75) is 50.3 Å². The number of aryl methyl sites for hydroxylation is 1. The summed E-state index contributed by atoms with van der Waals surface area (Å²) in [5.74, 6) is -0.476. The van der Waals surface area contributed by atoms with E-state index in [1.165, 1.54) is 17.3 Å². The predicted molar refractivity (Wildman–Crippen MR) is 112 cm³/mol. The Bertz CT molecular complexity index is 784. The zero-order chi connectivity index (χ0) is 20.7. The maximum absolute atomic E-state index is 12.2. The molecule has 150 valence electrons. The molecule has 0 bridgehead atoms. The van der Waals surface area contributed by atoms with Gasteiger partial charge in [-0.1, -0.05) is 60.2 Å². The molecule has 6 heteroatoms. The van der Waals surface area contributed by atoms with Gasteiger partial charge in [-0.2, -0.15) is 0 Å². The van der Waals surface area contributed by atoms with E-state index >= 15 is 0 Å². The lowest BCUT2D eigenvalue weighted by Gasteiger charge is -2.27. The third-order valence-corrected chi connectivity index (χ3v) is 5.32. The Balaban J connectivity index is 2.23.